The van der Waals surface area contributed by atoms with Crippen molar-refractivity contribution >= 4 is 16.6 Å². The molecule has 3 nitrogen and oxygen atoms in total. The first-order valence-electron chi connectivity index (χ1n) is 7.93. The van der Waals surface area contributed by atoms with Crippen molar-refractivity contribution in [2.45, 2.75) is 26.7 Å². The van der Waals surface area contributed by atoms with Gasteiger partial charge in [0.15, 0.2) is 0 Å². The zero-order chi connectivity index (χ0) is 16.2. The number of rotatable bonds is 5. The minimum absolute atomic E-state index is 0.848. The second kappa shape index (κ2) is 6.61. The van der Waals surface area contributed by atoms with E-state index >= 15 is 0 Å². The van der Waals surface area contributed by atoms with Crippen LogP contribution in [0.3, 0.4) is 0 Å². The molecule has 3 rings (SSSR count). The Morgan fingerprint density at radius 1 is 1.13 bits per heavy atom. The number of allylic oxidation sites excluding steroid dienone is 1. The lowest BCUT2D eigenvalue weighted by atomic mass is 10.0. The standard InChI is InChI=1S/C20H21N3/c1-4-5-15(3)23-20-11-16-6-7-17(10-18(16)12-22-20)19-13-21-9-8-14(19)2/h6-13H,3-5H2,1-2H3,(H,22,23). The third-order valence-electron chi connectivity index (χ3n) is 3.93. The smallest absolute Gasteiger partial charge is 0.130 e. The summed E-state index contributed by atoms with van der Waals surface area (Å²) in [4.78, 5) is 8.73. The van der Waals surface area contributed by atoms with Gasteiger partial charge in [0.1, 0.15) is 5.82 Å². The van der Waals surface area contributed by atoms with E-state index in [1.165, 1.54) is 11.1 Å². The summed E-state index contributed by atoms with van der Waals surface area (Å²) in [5, 5.41) is 5.56. The Bertz CT molecular complexity index is 852. The fourth-order valence-corrected chi connectivity index (χ4v) is 2.69. The number of hydrogen-bond acceptors (Lipinski definition) is 3. The summed E-state index contributed by atoms with van der Waals surface area (Å²) in [7, 11) is 0. The molecule has 0 amide bonds. The fourth-order valence-electron chi connectivity index (χ4n) is 2.69. The molecule has 3 heteroatoms. The molecule has 0 saturated heterocycles. The van der Waals surface area contributed by atoms with Gasteiger partial charge < -0.3 is 5.32 Å². The number of nitrogens with one attached hydrogen (secondary N) is 1. The van der Waals surface area contributed by atoms with E-state index in [0.29, 0.717) is 0 Å². The van der Waals surface area contributed by atoms with Crippen LogP contribution in [0.1, 0.15) is 25.3 Å². The van der Waals surface area contributed by atoms with E-state index in [9.17, 15) is 0 Å². The monoisotopic (exact) mass is 303 g/mol. The van der Waals surface area contributed by atoms with Crippen LogP contribution in [-0.4, -0.2) is 9.97 Å². The molecule has 2 aromatic heterocycles. The van der Waals surface area contributed by atoms with E-state index < -0.39 is 0 Å². The SMILES string of the molecule is C=C(CCC)Nc1cc2ccc(-c3cnccc3C)cc2cn1. The molecule has 0 aliphatic carbocycles. The molecule has 0 aliphatic heterocycles. The number of aromatic nitrogens is 2. The van der Waals surface area contributed by atoms with E-state index in [1.807, 2.05) is 24.7 Å². The van der Waals surface area contributed by atoms with Crippen molar-refractivity contribution in [3.8, 4) is 11.1 Å². The molecule has 2 heterocycles. The summed E-state index contributed by atoms with van der Waals surface area (Å²) in [6, 6.07) is 10.5. The first-order chi connectivity index (χ1) is 11.2. The maximum atomic E-state index is 4.50. The average molecular weight is 303 g/mol. The van der Waals surface area contributed by atoms with Gasteiger partial charge in [-0.15, -0.1) is 0 Å². The molecule has 0 unspecified atom stereocenters. The average Bonchev–Trinajstić information content (AvgIpc) is 2.55. The summed E-state index contributed by atoms with van der Waals surface area (Å²) in [5.74, 6) is 0.848. The predicted octanol–water partition coefficient (Wildman–Crippen LogP) is 5.33. The van der Waals surface area contributed by atoms with Crippen molar-refractivity contribution in [2.75, 3.05) is 5.32 Å². The largest absolute Gasteiger partial charge is 0.344 e. The first-order valence-corrected chi connectivity index (χ1v) is 7.93. The molecule has 0 fully saturated rings. The molecule has 0 atom stereocenters. The first kappa shape index (κ1) is 15.2. The van der Waals surface area contributed by atoms with Gasteiger partial charge in [-0.25, -0.2) is 4.98 Å². The number of pyridine rings is 2. The number of aryl methyl sites for hydroxylation is 1. The van der Waals surface area contributed by atoms with Gasteiger partial charge in [-0.3, -0.25) is 4.98 Å². The van der Waals surface area contributed by atoms with Crippen LogP contribution in [-0.2, 0) is 0 Å². The molecule has 1 aromatic carbocycles. The van der Waals surface area contributed by atoms with Crippen molar-refractivity contribution in [3.63, 3.8) is 0 Å². The Labute approximate surface area is 137 Å². The minimum Gasteiger partial charge on any atom is -0.344 e. The maximum Gasteiger partial charge on any atom is 0.130 e. The van der Waals surface area contributed by atoms with E-state index in [-0.39, 0.29) is 0 Å². The molecular weight excluding hydrogens is 282 g/mol. The number of hydrogen-bond donors (Lipinski definition) is 1. The molecule has 0 radical (unpaired) electrons. The van der Waals surface area contributed by atoms with Gasteiger partial charge in [0.2, 0.25) is 0 Å². The Morgan fingerprint density at radius 2 is 2.00 bits per heavy atom. The second-order valence-electron chi connectivity index (χ2n) is 5.80. The van der Waals surface area contributed by atoms with Crippen molar-refractivity contribution in [1.82, 2.24) is 9.97 Å². The topological polar surface area (TPSA) is 37.8 Å². The van der Waals surface area contributed by atoms with E-state index in [4.69, 9.17) is 0 Å². The van der Waals surface area contributed by atoms with Crippen LogP contribution in [0.15, 0.2) is 61.2 Å². The van der Waals surface area contributed by atoms with Crippen molar-refractivity contribution < 1.29 is 0 Å². The van der Waals surface area contributed by atoms with Gasteiger partial charge in [-0.2, -0.15) is 0 Å². The van der Waals surface area contributed by atoms with E-state index in [2.05, 4.69) is 60.0 Å². The van der Waals surface area contributed by atoms with Crippen LogP contribution in [0, 0.1) is 6.92 Å². The zero-order valence-electron chi connectivity index (χ0n) is 13.6. The summed E-state index contributed by atoms with van der Waals surface area (Å²) in [5.41, 5.74) is 4.55. The number of benzene rings is 1. The van der Waals surface area contributed by atoms with Crippen LogP contribution in [0.25, 0.3) is 21.9 Å². The van der Waals surface area contributed by atoms with Crippen molar-refractivity contribution in [1.29, 1.82) is 0 Å². The summed E-state index contributed by atoms with van der Waals surface area (Å²) < 4.78 is 0. The third kappa shape index (κ3) is 3.39. The molecule has 23 heavy (non-hydrogen) atoms. The quantitative estimate of drug-likeness (QED) is 0.692. The van der Waals surface area contributed by atoms with Crippen molar-refractivity contribution in [3.05, 3.63) is 66.8 Å². The van der Waals surface area contributed by atoms with Gasteiger partial charge in [-0.1, -0.05) is 32.1 Å². The molecule has 0 spiro atoms. The van der Waals surface area contributed by atoms with Crippen LogP contribution in [0.5, 0.6) is 0 Å². The lowest BCUT2D eigenvalue weighted by molar-refractivity contribution is 0.911. The van der Waals surface area contributed by atoms with Crippen LogP contribution >= 0.6 is 0 Å². The number of fused-ring (bicyclic) bond motifs is 1. The third-order valence-corrected chi connectivity index (χ3v) is 3.93. The second-order valence-corrected chi connectivity index (χ2v) is 5.80. The fraction of sp³-hybridized carbons (Fsp3) is 0.200. The van der Waals surface area contributed by atoms with Gasteiger partial charge in [0, 0.05) is 35.2 Å². The lowest BCUT2D eigenvalue weighted by Crippen LogP contribution is -1.99. The Balaban J connectivity index is 1.93. The Morgan fingerprint density at radius 3 is 2.78 bits per heavy atom. The Hall–Kier alpha value is -2.68. The minimum atomic E-state index is 0.848. The molecule has 0 aliphatic rings. The van der Waals surface area contributed by atoms with Crippen LogP contribution in [0.2, 0.25) is 0 Å². The maximum absolute atomic E-state index is 4.50. The highest BCUT2D eigenvalue weighted by Gasteiger charge is 2.05. The van der Waals surface area contributed by atoms with Crippen molar-refractivity contribution in [2.24, 2.45) is 0 Å². The summed E-state index contributed by atoms with van der Waals surface area (Å²) in [6.07, 6.45) is 7.68. The molecule has 1 N–H and O–H groups in total. The zero-order valence-corrected chi connectivity index (χ0v) is 13.6. The predicted molar refractivity (Wildman–Crippen MR) is 97.4 cm³/mol. The van der Waals surface area contributed by atoms with Gasteiger partial charge >= 0.3 is 0 Å². The molecule has 116 valence electrons. The van der Waals surface area contributed by atoms with E-state index in [1.54, 1.807) is 0 Å². The molecule has 0 saturated carbocycles. The molecule has 0 bridgehead atoms. The van der Waals surface area contributed by atoms with Gasteiger partial charge in [0.25, 0.3) is 0 Å². The molecular formula is C20H21N3. The van der Waals surface area contributed by atoms with Crippen LogP contribution < -0.4 is 5.32 Å². The van der Waals surface area contributed by atoms with Crippen LogP contribution in [0.4, 0.5) is 5.82 Å². The highest BCUT2D eigenvalue weighted by atomic mass is 15.0. The highest BCUT2D eigenvalue weighted by molar-refractivity contribution is 5.88. The summed E-state index contributed by atoms with van der Waals surface area (Å²) >= 11 is 0. The Kier molecular flexibility index (Phi) is 4.38. The van der Waals surface area contributed by atoms with Gasteiger partial charge in [0.05, 0.1) is 0 Å². The van der Waals surface area contributed by atoms with Gasteiger partial charge in [-0.05, 0) is 48.1 Å². The van der Waals surface area contributed by atoms with E-state index in [0.717, 1.165) is 40.7 Å². The normalized spacial score (nSPS) is 10.7. The number of anilines is 1. The molecule has 3 aromatic rings. The lowest BCUT2D eigenvalue weighted by Gasteiger charge is -2.10. The number of nitrogens with zero attached hydrogens (tertiary/aromatic N) is 2. The summed E-state index contributed by atoms with van der Waals surface area (Å²) in [6.45, 7) is 8.27. The highest BCUT2D eigenvalue weighted by Crippen LogP contribution is 2.27.